The third-order valence-electron chi connectivity index (χ3n) is 13.3. The molecule has 42 heavy (non-hydrogen) atoms. The van der Waals surface area contributed by atoms with Crippen molar-refractivity contribution in [2.45, 2.75) is 135 Å². The predicted molar refractivity (Wildman–Crippen MR) is 154 cm³/mol. The van der Waals surface area contributed by atoms with Crippen molar-refractivity contribution >= 4 is 10.1 Å². The maximum atomic E-state index is 14.8. The first kappa shape index (κ1) is 35.5. The van der Waals surface area contributed by atoms with Crippen molar-refractivity contribution in [1.29, 1.82) is 0 Å². The van der Waals surface area contributed by atoms with Gasteiger partial charge in [0.15, 0.2) is 0 Å². The van der Waals surface area contributed by atoms with Gasteiger partial charge in [0.1, 0.15) is 6.10 Å². The summed E-state index contributed by atoms with van der Waals surface area (Å²) in [5.74, 6) is -1.98. The molecule has 2 N–H and O–H groups in total. The van der Waals surface area contributed by atoms with Crippen molar-refractivity contribution in [1.82, 2.24) is 4.90 Å². The van der Waals surface area contributed by atoms with Crippen LogP contribution in [0.3, 0.4) is 0 Å². The van der Waals surface area contributed by atoms with Crippen LogP contribution in [0.5, 0.6) is 0 Å². The van der Waals surface area contributed by atoms with E-state index in [2.05, 4.69) is 18.7 Å². The van der Waals surface area contributed by atoms with E-state index in [-0.39, 0.29) is 71.3 Å². The monoisotopic (exact) mass is 625 g/mol. The molecule has 5 fully saturated rings. The molecule has 0 bridgehead atoms. The molecular formula is C32H54F2NNaO5S. The summed E-state index contributed by atoms with van der Waals surface area (Å²) in [4.78, 5) is 2.26. The van der Waals surface area contributed by atoms with E-state index in [0.717, 1.165) is 70.8 Å². The van der Waals surface area contributed by atoms with Gasteiger partial charge in [-0.15, -0.1) is 0 Å². The molecule has 0 spiro atoms. The number of aliphatic hydroxyl groups is 2. The molecule has 10 atom stereocenters. The number of fused-ring (bicyclic) bond motifs is 5. The van der Waals surface area contributed by atoms with Crippen LogP contribution in [0.15, 0.2) is 0 Å². The maximum absolute atomic E-state index is 14.8. The third-order valence-corrected chi connectivity index (χ3v) is 14.0. The van der Waals surface area contributed by atoms with E-state index in [1.54, 1.807) is 0 Å². The largest absolute Gasteiger partial charge is 1.00 e. The van der Waals surface area contributed by atoms with E-state index in [4.69, 9.17) is 0 Å². The molecule has 10 heteroatoms. The topological polar surface area (TPSA) is 101 Å². The minimum atomic E-state index is -4.24. The van der Waals surface area contributed by atoms with Gasteiger partial charge in [0.05, 0.1) is 22.0 Å². The molecule has 0 aromatic rings. The fourth-order valence-corrected chi connectivity index (χ4v) is 11.6. The van der Waals surface area contributed by atoms with Crippen LogP contribution in [0.2, 0.25) is 0 Å². The first-order valence-electron chi connectivity index (χ1n) is 16.6. The van der Waals surface area contributed by atoms with Gasteiger partial charge in [0, 0.05) is 19.0 Å². The molecule has 5 aliphatic carbocycles. The van der Waals surface area contributed by atoms with Crippen LogP contribution >= 0.6 is 0 Å². The summed E-state index contributed by atoms with van der Waals surface area (Å²) >= 11 is 0. The molecule has 0 radical (unpaired) electrons. The van der Waals surface area contributed by atoms with Crippen LogP contribution in [0.25, 0.3) is 0 Å². The zero-order valence-electron chi connectivity index (χ0n) is 26.4. The summed E-state index contributed by atoms with van der Waals surface area (Å²) in [5.41, 5.74) is -0.459. The number of hydrogen-bond donors (Lipinski definition) is 2. The minimum Gasteiger partial charge on any atom is -0.748 e. The SMILES string of the molecule is C[C@H](CCCN(CCS(=O)(=O)[O-])C1CCCCC1)[C@H]1CC[C@H]2[C@@H]3[C@@H](O)C[C@@H]4C[C@@H](O)C(F)(F)C[C@]4(C)[C@H]3CC[C@]12C.[Na+]. The van der Waals surface area contributed by atoms with Crippen LogP contribution in [-0.4, -0.2) is 71.1 Å². The Morgan fingerprint density at radius 2 is 1.62 bits per heavy atom. The van der Waals surface area contributed by atoms with E-state index < -0.39 is 33.7 Å². The van der Waals surface area contributed by atoms with Gasteiger partial charge in [0.2, 0.25) is 0 Å². The van der Waals surface area contributed by atoms with E-state index in [1.807, 2.05) is 6.92 Å². The zero-order chi connectivity index (χ0) is 29.8. The molecule has 5 aliphatic rings. The fourth-order valence-electron chi connectivity index (χ4n) is 11.2. The van der Waals surface area contributed by atoms with Crippen molar-refractivity contribution in [3.8, 4) is 0 Å². The van der Waals surface area contributed by atoms with Crippen LogP contribution in [0, 0.1) is 46.3 Å². The van der Waals surface area contributed by atoms with Gasteiger partial charge in [-0.1, -0.05) is 40.0 Å². The number of aliphatic hydroxyl groups excluding tert-OH is 2. The summed E-state index contributed by atoms with van der Waals surface area (Å²) in [6, 6.07) is 0.371. The van der Waals surface area contributed by atoms with E-state index in [0.29, 0.717) is 36.8 Å². The normalized spacial score (nSPS) is 42.7. The average Bonchev–Trinajstić information content (AvgIpc) is 3.25. The molecule has 238 valence electrons. The van der Waals surface area contributed by atoms with Gasteiger partial charge in [-0.2, -0.15) is 0 Å². The molecule has 0 heterocycles. The van der Waals surface area contributed by atoms with Gasteiger partial charge in [-0.25, -0.2) is 17.2 Å². The number of hydrogen-bond acceptors (Lipinski definition) is 6. The van der Waals surface area contributed by atoms with E-state index in [9.17, 15) is 32.0 Å². The standard InChI is InChI=1S/C32H55F2NO5S.Na/c1-21(8-7-15-35(16-17-41(38,39)40)23-9-5-4-6-10-23)24-11-12-25-29-26(13-14-30(24,25)2)31(3)20-32(33,34)28(37)19-22(31)18-27(29)36;/h21-29,36-37H,4-20H2,1-3H3,(H,38,39,40);/q;+1/p-1/t21-,22-,24-,25+,26+,27+,28-,29+,30-,31+;/m1./s1. The number of alkyl halides is 2. The van der Waals surface area contributed by atoms with Crippen molar-refractivity contribution in [2.75, 3.05) is 18.8 Å². The Balaban J connectivity index is 0.00000405. The quantitative estimate of drug-likeness (QED) is 0.302. The molecule has 0 aromatic heterocycles. The Bertz CT molecular complexity index is 1030. The Kier molecular flexibility index (Phi) is 11.3. The molecule has 5 saturated carbocycles. The average molecular weight is 626 g/mol. The predicted octanol–water partition coefficient (Wildman–Crippen LogP) is 2.82. The van der Waals surface area contributed by atoms with Crippen molar-refractivity contribution in [3.05, 3.63) is 0 Å². The fraction of sp³-hybridized carbons (Fsp3) is 1.00. The van der Waals surface area contributed by atoms with Crippen LogP contribution in [0.1, 0.15) is 111 Å². The molecular weight excluding hydrogens is 571 g/mol. The van der Waals surface area contributed by atoms with Crippen LogP contribution in [0.4, 0.5) is 8.78 Å². The third kappa shape index (κ3) is 6.99. The van der Waals surface area contributed by atoms with Crippen molar-refractivity contribution < 1.29 is 61.5 Å². The summed E-state index contributed by atoms with van der Waals surface area (Å²) in [5, 5.41) is 21.6. The molecule has 0 aliphatic heterocycles. The van der Waals surface area contributed by atoms with Crippen LogP contribution in [-0.2, 0) is 10.1 Å². The summed E-state index contributed by atoms with van der Waals surface area (Å²) in [7, 11) is -4.24. The summed E-state index contributed by atoms with van der Waals surface area (Å²) in [6.45, 7) is 7.91. The summed E-state index contributed by atoms with van der Waals surface area (Å²) in [6.07, 6.45) is 9.99. The second-order valence-corrected chi connectivity index (χ2v) is 16.9. The maximum Gasteiger partial charge on any atom is 1.00 e. The number of nitrogens with zero attached hydrogens (tertiary/aromatic N) is 1. The van der Waals surface area contributed by atoms with Gasteiger partial charge < -0.3 is 14.8 Å². The van der Waals surface area contributed by atoms with E-state index >= 15 is 0 Å². The number of rotatable bonds is 9. The zero-order valence-corrected chi connectivity index (χ0v) is 29.3. The van der Waals surface area contributed by atoms with Gasteiger partial charge in [0.25, 0.3) is 5.92 Å². The molecule has 0 saturated heterocycles. The molecule has 6 nitrogen and oxygen atoms in total. The van der Waals surface area contributed by atoms with Crippen molar-refractivity contribution in [2.24, 2.45) is 46.3 Å². The van der Waals surface area contributed by atoms with Crippen LogP contribution < -0.4 is 29.6 Å². The van der Waals surface area contributed by atoms with Gasteiger partial charge >= 0.3 is 29.6 Å². The van der Waals surface area contributed by atoms with Gasteiger partial charge in [-0.05, 0) is 117 Å². The van der Waals surface area contributed by atoms with E-state index in [1.165, 1.54) is 6.42 Å². The Hall–Kier alpha value is 0.650. The second-order valence-electron chi connectivity index (χ2n) is 15.4. The molecule has 0 unspecified atom stereocenters. The Labute approximate surface area is 275 Å². The summed E-state index contributed by atoms with van der Waals surface area (Å²) < 4.78 is 63.7. The first-order valence-corrected chi connectivity index (χ1v) is 18.1. The second kappa shape index (κ2) is 13.4. The first-order chi connectivity index (χ1) is 19.2. The molecule has 5 rings (SSSR count). The van der Waals surface area contributed by atoms with Crippen molar-refractivity contribution in [3.63, 3.8) is 0 Å². The molecule has 0 aromatic carbocycles. The smallest absolute Gasteiger partial charge is 0.748 e. The Morgan fingerprint density at radius 1 is 0.952 bits per heavy atom. The number of halogens is 2. The van der Waals surface area contributed by atoms with Gasteiger partial charge in [-0.3, -0.25) is 4.90 Å². The minimum absolute atomic E-state index is 0. The Morgan fingerprint density at radius 3 is 2.29 bits per heavy atom. The molecule has 0 amide bonds.